The van der Waals surface area contributed by atoms with Gasteiger partial charge in [0.15, 0.2) is 0 Å². The Balaban J connectivity index is 1.22. The van der Waals surface area contributed by atoms with E-state index in [1.807, 2.05) is 0 Å². The van der Waals surface area contributed by atoms with Crippen molar-refractivity contribution in [2.45, 2.75) is 56.6 Å². The lowest BCUT2D eigenvalue weighted by atomic mass is 9.78. The molecule has 6 rings (SSSR count). The molecule has 5 atom stereocenters. The quantitative estimate of drug-likeness (QED) is 0.440. The van der Waals surface area contributed by atoms with E-state index in [1.165, 1.54) is 24.3 Å². The molecule has 2 saturated heterocycles. The van der Waals surface area contributed by atoms with Gasteiger partial charge in [-0.25, -0.2) is 4.79 Å². The van der Waals surface area contributed by atoms with Gasteiger partial charge in [-0.2, -0.15) is 13.2 Å². The molecular formula is C34H38F3N3O6. The van der Waals surface area contributed by atoms with E-state index < -0.39 is 23.1 Å². The van der Waals surface area contributed by atoms with Gasteiger partial charge in [0.1, 0.15) is 0 Å². The number of nitrogens with one attached hydrogen (secondary N) is 1. The summed E-state index contributed by atoms with van der Waals surface area (Å²) in [7, 11) is 1.65. The zero-order valence-electron chi connectivity index (χ0n) is 25.6. The number of aromatic carboxylic acids is 1. The van der Waals surface area contributed by atoms with Crippen molar-refractivity contribution in [2.24, 2.45) is 11.3 Å². The van der Waals surface area contributed by atoms with Crippen LogP contribution >= 0.6 is 0 Å². The highest BCUT2D eigenvalue weighted by molar-refractivity contribution is 5.94. The fraction of sp³-hybridized carbons (Fsp3) is 0.500. The predicted molar refractivity (Wildman–Crippen MR) is 162 cm³/mol. The average molecular weight is 642 g/mol. The van der Waals surface area contributed by atoms with Crippen LogP contribution in [0.15, 0.2) is 48.5 Å². The van der Waals surface area contributed by atoms with Gasteiger partial charge in [-0.3, -0.25) is 9.59 Å². The minimum Gasteiger partial charge on any atom is -0.478 e. The normalized spacial score (nSPS) is 27.9. The Morgan fingerprint density at radius 2 is 1.89 bits per heavy atom. The Kier molecular flexibility index (Phi) is 8.97. The Hall–Kier alpha value is -3.74. The van der Waals surface area contributed by atoms with E-state index in [0.29, 0.717) is 56.7 Å². The van der Waals surface area contributed by atoms with Crippen LogP contribution < -0.4 is 5.32 Å². The van der Waals surface area contributed by atoms with Gasteiger partial charge in [-0.15, -0.1) is 0 Å². The summed E-state index contributed by atoms with van der Waals surface area (Å²) in [6.45, 7) is 2.18. The first-order chi connectivity index (χ1) is 22.0. The smallest absolute Gasteiger partial charge is 0.416 e. The number of amides is 2. The highest BCUT2D eigenvalue weighted by Crippen LogP contribution is 2.51. The Morgan fingerprint density at radius 1 is 1.11 bits per heavy atom. The van der Waals surface area contributed by atoms with Crippen LogP contribution in [0.3, 0.4) is 0 Å². The van der Waals surface area contributed by atoms with Crippen molar-refractivity contribution in [1.82, 2.24) is 15.1 Å². The lowest BCUT2D eigenvalue weighted by Gasteiger charge is -2.38. The maximum absolute atomic E-state index is 14.5. The van der Waals surface area contributed by atoms with E-state index >= 15 is 0 Å². The maximum Gasteiger partial charge on any atom is 0.416 e. The molecule has 12 heteroatoms. The van der Waals surface area contributed by atoms with Crippen LogP contribution in [0.25, 0.3) is 6.08 Å². The second-order valence-corrected chi connectivity index (χ2v) is 12.8. The fourth-order valence-electron chi connectivity index (χ4n) is 7.67. The highest BCUT2D eigenvalue weighted by atomic mass is 19.4. The second-order valence-electron chi connectivity index (χ2n) is 12.8. The molecule has 2 amide bonds. The van der Waals surface area contributed by atoms with Crippen molar-refractivity contribution in [3.63, 3.8) is 0 Å². The third kappa shape index (κ3) is 6.43. The molecule has 246 valence electrons. The first-order valence-corrected chi connectivity index (χ1v) is 15.6. The van der Waals surface area contributed by atoms with Gasteiger partial charge < -0.3 is 29.7 Å². The standard InChI is InChI=1S/C34H38F3N3O6/c1-45-29-19-46-13-11-28(29)38-27-15-26-18-40(30(41)9-4-21-2-5-23(6-3-21)31(42)43)20-33(26,16-27)32(44)39-12-10-22-7-8-25(34(35,36)37)14-24(22)17-39/h2-9,14,26-29,38H,10-13,15-20H2,1H3,(H,42,43)/t26-,27+,28-,29+,33-/m0/s1. The summed E-state index contributed by atoms with van der Waals surface area (Å²) < 4.78 is 51.7. The molecule has 0 spiro atoms. The number of carboxylic acid groups (broad SMARTS) is 1. The van der Waals surface area contributed by atoms with Crippen molar-refractivity contribution in [3.8, 4) is 0 Å². The zero-order chi connectivity index (χ0) is 32.6. The number of carbonyl (C=O) groups is 3. The first-order valence-electron chi connectivity index (χ1n) is 15.6. The molecule has 1 aliphatic carbocycles. The summed E-state index contributed by atoms with van der Waals surface area (Å²) in [6, 6.07) is 9.99. The van der Waals surface area contributed by atoms with E-state index in [2.05, 4.69) is 5.32 Å². The predicted octanol–water partition coefficient (Wildman–Crippen LogP) is 4.00. The van der Waals surface area contributed by atoms with Gasteiger partial charge in [-0.1, -0.05) is 18.2 Å². The van der Waals surface area contributed by atoms with Crippen LogP contribution in [-0.2, 0) is 38.2 Å². The van der Waals surface area contributed by atoms with Crippen molar-refractivity contribution < 1.29 is 42.1 Å². The van der Waals surface area contributed by atoms with Crippen LogP contribution in [0.5, 0.6) is 0 Å². The molecule has 0 bridgehead atoms. The maximum atomic E-state index is 14.5. The number of carbonyl (C=O) groups excluding carboxylic acids is 2. The van der Waals surface area contributed by atoms with E-state index in [0.717, 1.165) is 24.1 Å². The molecule has 3 aliphatic heterocycles. The number of ether oxygens (including phenoxy) is 2. The number of benzene rings is 2. The molecule has 2 N–H and O–H groups in total. The molecule has 2 aromatic rings. The number of methoxy groups -OCH3 is 1. The summed E-state index contributed by atoms with van der Waals surface area (Å²) >= 11 is 0. The highest BCUT2D eigenvalue weighted by Gasteiger charge is 2.59. The summed E-state index contributed by atoms with van der Waals surface area (Å²) in [5.41, 5.74) is 0.522. The lowest BCUT2D eigenvalue weighted by Crippen LogP contribution is -2.52. The fourth-order valence-corrected chi connectivity index (χ4v) is 7.67. The number of alkyl halides is 3. The molecule has 9 nitrogen and oxygen atoms in total. The van der Waals surface area contributed by atoms with E-state index in [-0.39, 0.29) is 54.6 Å². The third-order valence-electron chi connectivity index (χ3n) is 10.1. The van der Waals surface area contributed by atoms with Gasteiger partial charge in [0.05, 0.1) is 29.3 Å². The van der Waals surface area contributed by atoms with Crippen LogP contribution in [-0.4, -0.2) is 90.8 Å². The number of hydrogen-bond donors (Lipinski definition) is 2. The van der Waals surface area contributed by atoms with Gasteiger partial charge in [0.2, 0.25) is 11.8 Å². The Morgan fingerprint density at radius 3 is 2.61 bits per heavy atom. The van der Waals surface area contributed by atoms with E-state index in [4.69, 9.17) is 14.6 Å². The van der Waals surface area contributed by atoms with Gasteiger partial charge in [-0.05, 0) is 78.6 Å². The second kappa shape index (κ2) is 12.8. The molecule has 0 aromatic heterocycles. The number of nitrogens with zero attached hydrogens (tertiary/aromatic N) is 2. The van der Waals surface area contributed by atoms with Crippen LogP contribution in [0.4, 0.5) is 13.2 Å². The number of fused-ring (bicyclic) bond motifs is 2. The zero-order valence-corrected chi connectivity index (χ0v) is 25.6. The van der Waals surface area contributed by atoms with Crippen molar-refractivity contribution >= 4 is 23.9 Å². The van der Waals surface area contributed by atoms with Crippen LogP contribution in [0.1, 0.15) is 51.9 Å². The van der Waals surface area contributed by atoms with E-state index in [1.54, 1.807) is 35.1 Å². The minimum absolute atomic E-state index is 0.00385. The topological polar surface area (TPSA) is 108 Å². The Bertz CT molecular complexity index is 1510. The summed E-state index contributed by atoms with van der Waals surface area (Å²) in [5.74, 6) is -1.54. The monoisotopic (exact) mass is 641 g/mol. The SMILES string of the molecule is CO[C@@H]1COCC[C@@H]1N[C@@H]1C[C@H]2CN(C(=O)C=Cc3ccc(C(=O)O)cc3)C[C@@]2(C(=O)N2CCc3ccc(C(F)(F)F)cc3C2)C1. The summed E-state index contributed by atoms with van der Waals surface area (Å²) in [5, 5.41) is 12.8. The summed E-state index contributed by atoms with van der Waals surface area (Å²) in [4.78, 5) is 42.4. The number of likely N-dealkylation sites (tertiary alicyclic amines) is 1. The van der Waals surface area contributed by atoms with Crippen LogP contribution in [0.2, 0.25) is 0 Å². The number of rotatable bonds is 7. The third-order valence-corrected chi connectivity index (χ3v) is 10.1. The minimum atomic E-state index is -4.47. The molecule has 1 saturated carbocycles. The van der Waals surface area contributed by atoms with Crippen molar-refractivity contribution in [1.29, 1.82) is 0 Å². The number of hydrogen-bond acceptors (Lipinski definition) is 6. The van der Waals surface area contributed by atoms with Crippen LogP contribution in [0, 0.1) is 11.3 Å². The lowest BCUT2D eigenvalue weighted by molar-refractivity contribution is -0.144. The van der Waals surface area contributed by atoms with Gasteiger partial charge in [0, 0.05) is 58.1 Å². The van der Waals surface area contributed by atoms with Gasteiger partial charge in [0.25, 0.3) is 0 Å². The molecule has 3 heterocycles. The molecule has 2 aromatic carbocycles. The van der Waals surface area contributed by atoms with Crippen molar-refractivity contribution in [2.75, 3.05) is 40.0 Å². The van der Waals surface area contributed by atoms with Gasteiger partial charge >= 0.3 is 12.1 Å². The molecule has 3 fully saturated rings. The van der Waals surface area contributed by atoms with Crippen molar-refractivity contribution in [3.05, 3.63) is 76.4 Å². The molecule has 4 aliphatic rings. The number of carboxylic acids is 1. The van der Waals surface area contributed by atoms with E-state index in [9.17, 15) is 27.6 Å². The molecule has 46 heavy (non-hydrogen) atoms. The first kappa shape index (κ1) is 32.2. The average Bonchev–Trinajstić information content (AvgIpc) is 3.58. The molecule has 0 unspecified atom stereocenters. The molecular weight excluding hydrogens is 603 g/mol. The largest absolute Gasteiger partial charge is 0.478 e. The Labute approximate surface area is 265 Å². The molecule has 0 radical (unpaired) electrons. The summed E-state index contributed by atoms with van der Waals surface area (Å²) in [6.07, 6.45) is 0.877. The number of halogens is 3.